The summed E-state index contributed by atoms with van der Waals surface area (Å²) in [6.45, 7) is 0. The van der Waals surface area contributed by atoms with Crippen molar-refractivity contribution in [3.63, 3.8) is 0 Å². The van der Waals surface area contributed by atoms with Gasteiger partial charge in [0, 0.05) is 23.4 Å². The van der Waals surface area contributed by atoms with E-state index in [0.717, 1.165) is 19.3 Å². The molecule has 1 fully saturated rings. The lowest BCUT2D eigenvalue weighted by atomic mass is 9.94. The number of carbonyl (C=O) groups is 2. The highest BCUT2D eigenvalue weighted by atomic mass is 35.5. The molecular weight excluding hydrogens is 390 g/mol. The van der Waals surface area contributed by atoms with Crippen LogP contribution >= 0.6 is 11.6 Å². The van der Waals surface area contributed by atoms with E-state index in [-0.39, 0.29) is 18.1 Å². The molecule has 0 aliphatic heterocycles. The molecule has 3 rings (SSSR count). The Morgan fingerprint density at radius 1 is 1.10 bits per heavy atom. The van der Waals surface area contributed by atoms with Crippen molar-refractivity contribution >= 4 is 23.5 Å². The Morgan fingerprint density at radius 2 is 1.83 bits per heavy atom. The predicted octanol–water partition coefficient (Wildman–Crippen LogP) is 4.79. The fraction of sp³-hybridized carbons (Fsp3) is 0.391. The van der Waals surface area contributed by atoms with E-state index in [4.69, 9.17) is 11.6 Å². The van der Waals surface area contributed by atoms with E-state index < -0.39 is 12.0 Å². The quantitative estimate of drug-likeness (QED) is 0.578. The van der Waals surface area contributed by atoms with Crippen LogP contribution in [0.3, 0.4) is 0 Å². The molecule has 2 aromatic rings. The van der Waals surface area contributed by atoms with Crippen LogP contribution in [-0.4, -0.2) is 28.1 Å². The van der Waals surface area contributed by atoms with E-state index in [1.54, 1.807) is 24.3 Å². The van der Waals surface area contributed by atoms with Gasteiger partial charge in [0.05, 0.1) is 0 Å². The van der Waals surface area contributed by atoms with Gasteiger partial charge in [-0.3, -0.25) is 4.79 Å². The van der Waals surface area contributed by atoms with Gasteiger partial charge in [0.15, 0.2) is 0 Å². The molecule has 0 heterocycles. The number of amides is 1. The number of phenols is 1. The van der Waals surface area contributed by atoms with Crippen LogP contribution in [-0.2, 0) is 16.0 Å². The van der Waals surface area contributed by atoms with Gasteiger partial charge in [-0.25, -0.2) is 4.79 Å². The third-order valence-electron chi connectivity index (χ3n) is 5.57. The summed E-state index contributed by atoms with van der Waals surface area (Å²) < 4.78 is 0. The molecule has 0 unspecified atom stereocenters. The number of aliphatic carboxylic acids is 1. The van der Waals surface area contributed by atoms with Crippen molar-refractivity contribution in [3.05, 3.63) is 53.1 Å². The zero-order valence-electron chi connectivity index (χ0n) is 16.2. The molecule has 2 aromatic carbocycles. The maximum Gasteiger partial charge on any atom is 0.326 e. The Labute approximate surface area is 175 Å². The second-order valence-electron chi connectivity index (χ2n) is 7.67. The number of hydrogen-bond acceptors (Lipinski definition) is 3. The highest BCUT2D eigenvalue weighted by Crippen LogP contribution is 2.33. The lowest BCUT2D eigenvalue weighted by Crippen LogP contribution is -2.42. The summed E-state index contributed by atoms with van der Waals surface area (Å²) in [4.78, 5) is 24.1. The number of halogens is 1. The third kappa shape index (κ3) is 5.73. The summed E-state index contributed by atoms with van der Waals surface area (Å²) in [7, 11) is 0. The van der Waals surface area contributed by atoms with Crippen LogP contribution < -0.4 is 5.32 Å². The molecule has 154 valence electrons. The number of benzene rings is 2. The number of aromatic hydroxyl groups is 1. The summed E-state index contributed by atoms with van der Waals surface area (Å²) in [5.41, 5.74) is 2.05. The topological polar surface area (TPSA) is 86.6 Å². The smallest absolute Gasteiger partial charge is 0.326 e. The van der Waals surface area contributed by atoms with Crippen LogP contribution in [0.1, 0.15) is 44.1 Å². The number of hydrogen-bond donors (Lipinski definition) is 3. The van der Waals surface area contributed by atoms with Gasteiger partial charge in [-0.1, -0.05) is 61.5 Å². The molecule has 3 N–H and O–H groups in total. The Balaban J connectivity index is 1.74. The van der Waals surface area contributed by atoms with E-state index in [2.05, 4.69) is 5.32 Å². The van der Waals surface area contributed by atoms with Crippen LogP contribution in [0.2, 0.25) is 5.02 Å². The van der Waals surface area contributed by atoms with E-state index in [9.17, 15) is 19.8 Å². The summed E-state index contributed by atoms with van der Waals surface area (Å²) in [6, 6.07) is 10.9. The molecule has 0 spiro atoms. The standard InChI is InChI=1S/C23H26ClNO4/c24-20-8-4-3-7-18(20)19-14-17(26)11-10-16(19)13-21(23(28)29)25-22(27)12-9-15-5-1-2-6-15/h3-4,7-8,10-11,14-15,21,26H,1-2,5-6,9,12-13H2,(H,25,27)(H,28,29)/t21-/m0/s1. The normalized spacial score (nSPS) is 15.2. The number of nitrogens with one attached hydrogen (secondary N) is 1. The molecular formula is C23H26ClNO4. The number of rotatable bonds is 8. The molecule has 0 radical (unpaired) electrons. The van der Waals surface area contributed by atoms with Gasteiger partial charge < -0.3 is 15.5 Å². The van der Waals surface area contributed by atoms with Crippen LogP contribution in [0.25, 0.3) is 11.1 Å². The monoisotopic (exact) mass is 415 g/mol. The third-order valence-corrected chi connectivity index (χ3v) is 5.90. The Hall–Kier alpha value is -2.53. The second-order valence-corrected chi connectivity index (χ2v) is 8.08. The number of carboxylic acids is 1. The predicted molar refractivity (Wildman–Crippen MR) is 113 cm³/mol. The van der Waals surface area contributed by atoms with Crippen molar-refractivity contribution in [1.29, 1.82) is 0 Å². The van der Waals surface area contributed by atoms with Crippen molar-refractivity contribution in [2.45, 2.75) is 51.0 Å². The van der Waals surface area contributed by atoms with Gasteiger partial charge in [-0.15, -0.1) is 0 Å². The molecule has 6 heteroatoms. The van der Waals surface area contributed by atoms with Gasteiger partial charge in [0.1, 0.15) is 11.8 Å². The van der Waals surface area contributed by atoms with Crippen molar-refractivity contribution in [3.8, 4) is 16.9 Å². The summed E-state index contributed by atoms with van der Waals surface area (Å²) in [6.07, 6.45) is 6.01. The average Bonchev–Trinajstić information content (AvgIpc) is 3.21. The molecule has 29 heavy (non-hydrogen) atoms. The van der Waals surface area contributed by atoms with Gasteiger partial charge in [-0.05, 0) is 41.7 Å². The summed E-state index contributed by atoms with van der Waals surface area (Å²) in [5.74, 6) is -0.677. The van der Waals surface area contributed by atoms with Gasteiger partial charge in [-0.2, -0.15) is 0 Å². The molecule has 0 aromatic heterocycles. The molecule has 0 bridgehead atoms. The van der Waals surface area contributed by atoms with Crippen molar-refractivity contribution in [2.75, 3.05) is 0 Å². The number of phenolic OH excluding ortho intramolecular Hbond substituents is 1. The summed E-state index contributed by atoms with van der Waals surface area (Å²) >= 11 is 6.30. The maximum atomic E-state index is 12.3. The highest BCUT2D eigenvalue weighted by molar-refractivity contribution is 6.33. The second kappa shape index (κ2) is 9.79. The fourth-order valence-electron chi connectivity index (χ4n) is 3.99. The molecule has 1 saturated carbocycles. The van der Waals surface area contributed by atoms with Gasteiger partial charge in [0.25, 0.3) is 0 Å². The molecule has 1 aliphatic rings. The number of carbonyl (C=O) groups excluding carboxylic acids is 1. The van der Waals surface area contributed by atoms with Crippen LogP contribution in [0.5, 0.6) is 5.75 Å². The van der Waals surface area contributed by atoms with Crippen molar-refractivity contribution < 1.29 is 19.8 Å². The van der Waals surface area contributed by atoms with E-state index in [1.165, 1.54) is 18.9 Å². The summed E-state index contributed by atoms with van der Waals surface area (Å²) in [5, 5.41) is 22.7. The first kappa shape index (κ1) is 21.2. The first-order valence-corrected chi connectivity index (χ1v) is 10.4. The van der Waals surface area contributed by atoms with Crippen molar-refractivity contribution in [2.24, 2.45) is 5.92 Å². The molecule has 1 aliphatic carbocycles. The van der Waals surface area contributed by atoms with Crippen LogP contribution in [0, 0.1) is 5.92 Å². The fourth-order valence-corrected chi connectivity index (χ4v) is 4.23. The number of carboxylic acid groups (broad SMARTS) is 1. The average molecular weight is 416 g/mol. The largest absolute Gasteiger partial charge is 0.508 e. The lowest BCUT2D eigenvalue weighted by molar-refractivity contribution is -0.141. The first-order valence-electron chi connectivity index (χ1n) is 10.0. The lowest BCUT2D eigenvalue weighted by Gasteiger charge is -2.18. The van der Waals surface area contributed by atoms with E-state index in [1.807, 2.05) is 12.1 Å². The van der Waals surface area contributed by atoms with Crippen LogP contribution in [0.4, 0.5) is 0 Å². The zero-order chi connectivity index (χ0) is 20.8. The Bertz CT molecular complexity index is 877. The molecule has 5 nitrogen and oxygen atoms in total. The SMILES string of the molecule is O=C(CCC1CCCC1)N[C@@H](Cc1ccc(O)cc1-c1ccccc1Cl)C(=O)O. The van der Waals surface area contributed by atoms with E-state index in [0.29, 0.717) is 34.1 Å². The Kier molecular flexibility index (Phi) is 7.15. The minimum atomic E-state index is -1.09. The highest BCUT2D eigenvalue weighted by Gasteiger charge is 2.23. The molecule has 0 saturated heterocycles. The van der Waals surface area contributed by atoms with Gasteiger partial charge >= 0.3 is 5.97 Å². The minimum absolute atomic E-state index is 0.0659. The van der Waals surface area contributed by atoms with Gasteiger partial charge in [0.2, 0.25) is 5.91 Å². The Morgan fingerprint density at radius 3 is 2.52 bits per heavy atom. The van der Waals surface area contributed by atoms with Crippen LogP contribution in [0.15, 0.2) is 42.5 Å². The van der Waals surface area contributed by atoms with E-state index >= 15 is 0 Å². The molecule has 1 amide bonds. The minimum Gasteiger partial charge on any atom is -0.508 e. The maximum absolute atomic E-state index is 12.3. The van der Waals surface area contributed by atoms with Crippen molar-refractivity contribution in [1.82, 2.24) is 5.32 Å². The zero-order valence-corrected chi connectivity index (χ0v) is 17.0. The first-order chi connectivity index (χ1) is 13.9. The molecule has 1 atom stereocenters.